The molecular formula is C16H21BClNO4. The van der Waals surface area contributed by atoms with E-state index in [4.69, 9.17) is 26.6 Å². The zero-order valence-corrected chi connectivity index (χ0v) is 14.5. The Morgan fingerprint density at radius 2 is 1.87 bits per heavy atom. The van der Waals surface area contributed by atoms with Crippen molar-refractivity contribution < 1.29 is 19.2 Å². The van der Waals surface area contributed by atoms with Crippen molar-refractivity contribution in [2.45, 2.75) is 38.9 Å². The molecule has 0 aliphatic carbocycles. The summed E-state index contributed by atoms with van der Waals surface area (Å²) in [6.07, 6.45) is 1.65. The van der Waals surface area contributed by atoms with E-state index in [2.05, 4.69) is 0 Å². The summed E-state index contributed by atoms with van der Waals surface area (Å²) >= 11 is 6.16. The van der Waals surface area contributed by atoms with Gasteiger partial charge in [-0.3, -0.25) is 0 Å². The Balaban J connectivity index is 2.44. The molecule has 23 heavy (non-hydrogen) atoms. The van der Waals surface area contributed by atoms with Crippen LogP contribution in [0.1, 0.15) is 43.6 Å². The van der Waals surface area contributed by atoms with Crippen LogP contribution in [0.4, 0.5) is 0 Å². The SMILES string of the molecule is CC1(C)OB(C(=Cc2c(Cl)cccc2C(=O)O)CN)OC1(C)C. The molecule has 7 heteroatoms. The number of aromatic carboxylic acids is 1. The number of hydrogen-bond donors (Lipinski definition) is 2. The fourth-order valence-corrected chi connectivity index (χ4v) is 2.50. The van der Waals surface area contributed by atoms with E-state index in [-0.39, 0.29) is 12.1 Å². The van der Waals surface area contributed by atoms with Gasteiger partial charge >= 0.3 is 13.1 Å². The molecule has 0 aromatic heterocycles. The molecule has 0 radical (unpaired) electrons. The van der Waals surface area contributed by atoms with Gasteiger partial charge in [-0.2, -0.15) is 0 Å². The fourth-order valence-electron chi connectivity index (χ4n) is 2.27. The summed E-state index contributed by atoms with van der Waals surface area (Å²) < 4.78 is 11.9. The van der Waals surface area contributed by atoms with E-state index in [1.54, 1.807) is 18.2 Å². The summed E-state index contributed by atoms with van der Waals surface area (Å²) in [4.78, 5) is 11.4. The first-order chi connectivity index (χ1) is 10.6. The molecule has 124 valence electrons. The highest BCUT2D eigenvalue weighted by atomic mass is 35.5. The molecule has 1 aromatic rings. The van der Waals surface area contributed by atoms with E-state index < -0.39 is 24.3 Å². The lowest BCUT2D eigenvalue weighted by atomic mass is 9.77. The molecule has 1 aromatic carbocycles. The van der Waals surface area contributed by atoms with Crippen molar-refractivity contribution in [2.24, 2.45) is 5.73 Å². The van der Waals surface area contributed by atoms with Crippen molar-refractivity contribution >= 4 is 30.8 Å². The first kappa shape index (κ1) is 18.0. The smallest absolute Gasteiger partial charge is 0.478 e. The highest BCUT2D eigenvalue weighted by Crippen LogP contribution is 2.39. The van der Waals surface area contributed by atoms with Gasteiger partial charge in [-0.05, 0) is 45.3 Å². The number of halogens is 1. The van der Waals surface area contributed by atoms with Gasteiger partial charge in [0.05, 0.1) is 16.8 Å². The van der Waals surface area contributed by atoms with Crippen molar-refractivity contribution in [3.05, 3.63) is 39.8 Å². The predicted molar refractivity (Wildman–Crippen MR) is 91.5 cm³/mol. The van der Waals surface area contributed by atoms with E-state index in [0.29, 0.717) is 16.1 Å². The molecule has 0 atom stereocenters. The second kappa shape index (κ2) is 6.28. The van der Waals surface area contributed by atoms with E-state index in [0.717, 1.165) is 0 Å². The topological polar surface area (TPSA) is 81.8 Å². The number of benzene rings is 1. The van der Waals surface area contributed by atoms with Crippen LogP contribution in [0.15, 0.2) is 23.7 Å². The van der Waals surface area contributed by atoms with Crippen molar-refractivity contribution in [1.82, 2.24) is 0 Å². The third-order valence-electron chi connectivity index (χ3n) is 4.40. The minimum atomic E-state index is -1.05. The second-order valence-electron chi connectivity index (χ2n) is 6.52. The van der Waals surface area contributed by atoms with E-state index in [9.17, 15) is 9.90 Å². The summed E-state index contributed by atoms with van der Waals surface area (Å²) in [6.45, 7) is 7.94. The fraction of sp³-hybridized carbons (Fsp3) is 0.438. The Labute approximate surface area is 141 Å². The Hall–Kier alpha value is -1.34. The number of rotatable bonds is 4. The highest BCUT2D eigenvalue weighted by molar-refractivity contribution is 6.56. The molecule has 0 spiro atoms. The van der Waals surface area contributed by atoms with Crippen molar-refractivity contribution in [3.63, 3.8) is 0 Å². The van der Waals surface area contributed by atoms with Crippen LogP contribution in [-0.4, -0.2) is 35.9 Å². The standard InChI is InChI=1S/C16H21BClNO4/c1-15(2)16(3,4)23-17(22-15)10(9-19)8-12-11(14(20)21)6-5-7-13(12)18/h5-8H,9,19H2,1-4H3,(H,20,21). The maximum Gasteiger partial charge on any atom is 0.491 e. The summed E-state index contributed by atoms with van der Waals surface area (Å²) in [5, 5.41) is 9.67. The Bertz CT molecular complexity index is 641. The lowest BCUT2D eigenvalue weighted by Gasteiger charge is -2.32. The normalized spacial score (nSPS) is 19.9. The molecule has 0 unspecified atom stereocenters. The first-order valence-electron chi connectivity index (χ1n) is 7.37. The van der Waals surface area contributed by atoms with Crippen LogP contribution in [-0.2, 0) is 9.31 Å². The molecule has 0 saturated carbocycles. The molecule has 2 rings (SSSR count). The van der Waals surface area contributed by atoms with Crippen LogP contribution in [0.25, 0.3) is 6.08 Å². The number of carbonyl (C=O) groups is 1. The average molecular weight is 338 g/mol. The van der Waals surface area contributed by atoms with E-state index >= 15 is 0 Å². The zero-order valence-electron chi connectivity index (χ0n) is 13.7. The zero-order chi connectivity index (χ0) is 17.4. The largest absolute Gasteiger partial charge is 0.491 e. The van der Waals surface area contributed by atoms with Gasteiger partial charge in [0, 0.05) is 17.1 Å². The van der Waals surface area contributed by atoms with Gasteiger partial charge in [-0.15, -0.1) is 0 Å². The molecular weight excluding hydrogens is 316 g/mol. The third-order valence-corrected chi connectivity index (χ3v) is 4.73. The number of nitrogens with two attached hydrogens (primary N) is 1. The van der Waals surface area contributed by atoms with Crippen molar-refractivity contribution in [2.75, 3.05) is 6.54 Å². The van der Waals surface area contributed by atoms with Gasteiger partial charge in [-0.25, -0.2) is 4.79 Å². The average Bonchev–Trinajstić information content (AvgIpc) is 2.65. The van der Waals surface area contributed by atoms with Crippen LogP contribution < -0.4 is 5.73 Å². The Morgan fingerprint density at radius 1 is 1.30 bits per heavy atom. The summed E-state index contributed by atoms with van der Waals surface area (Å²) in [5.41, 5.74) is 5.99. The van der Waals surface area contributed by atoms with Crippen LogP contribution in [0.3, 0.4) is 0 Å². The maximum atomic E-state index is 11.4. The van der Waals surface area contributed by atoms with Gasteiger partial charge in [0.25, 0.3) is 0 Å². The lowest BCUT2D eigenvalue weighted by Crippen LogP contribution is -2.41. The summed E-state index contributed by atoms with van der Waals surface area (Å²) in [5.74, 6) is -1.05. The molecule has 1 saturated heterocycles. The van der Waals surface area contributed by atoms with Crippen LogP contribution in [0.5, 0.6) is 0 Å². The Morgan fingerprint density at radius 3 is 2.35 bits per heavy atom. The van der Waals surface area contributed by atoms with E-state index in [1.807, 2.05) is 27.7 Å². The third kappa shape index (κ3) is 3.45. The molecule has 1 heterocycles. The van der Waals surface area contributed by atoms with Gasteiger partial charge in [-0.1, -0.05) is 23.7 Å². The van der Waals surface area contributed by atoms with Gasteiger partial charge in [0.15, 0.2) is 0 Å². The maximum absolute atomic E-state index is 11.4. The van der Waals surface area contributed by atoms with Gasteiger partial charge < -0.3 is 20.1 Å². The summed E-state index contributed by atoms with van der Waals surface area (Å²) in [6, 6.07) is 4.73. The highest BCUT2D eigenvalue weighted by Gasteiger charge is 2.52. The molecule has 3 N–H and O–H groups in total. The molecule has 0 bridgehead atoms. The van der Waals surface area contributed by atoms with Crippen molar-refractivity contribution in [1.29, 1.82) is 0 Å². The quantitative estimate of drug-likeness (QED) is 0.825. The molecule has 1 fully saturated rings. The first-order valence-corrected chi connectivity index (χ1v) is 7.75. The molecule has 0 amide bonds. The predicted octanol–water partition coefficient (Wildman–Crippen LogP) is 3.01. The minimum Gasteiger partial charge on any atom is -0.478 e. The minimum absolute atomic E-state index is 0.111. The monoisotopic (exact) mass is 337 g/mol. The number of carboxylic acid groups (broad SMARTS) is 1. The second-order valence-corrected chi connectivity index (χ2v) is 6.93. The number of carboxylic acids is 1. The van der Waals surface area contributed by atoms with Crippen LogP contribution in [0.2, 0.25) is 5.02 Å². The molecule has 5 nitrogen and oxygen atoms in total. The van der Waals surface area contributed by atoms with Crippen LogP contribution in [0, 0.1) is 0 Å². The van der Waals surface area contributed by atoms with E-state index in [1.165, 1.54) is 6.07 Å². The summed E-state index contributed by atoms with van der Waals surface area (Å²) in [7, 11) is -0.636. The number of hydrogen-bond acceptors (Lipinski definition) is 4. The molecule has 1 aliphatic rings. The van der Waals surface area contributed by atoms with Gasteiger partial charge in [0.2, 0.25) is 0 Å². The van der Waals surface area contributed by atoms with Gasteiger partial charge in [0.1, 0.15) is 0 Å². The molecule has 1 aliphatic heterocycles. The lowest BCUT2D eigenvalue weighted by molar-refractivity contribution is 0.00578. The van der Waals surface area contributed by atoms with Crippen molar-refractivity contribution in [3.8, 4) is 0 Å². The Kier molecular flexibility index (Phi) is 4.92. The van der Waals surface area contributed by atoms with Crippen LogP contribution >= 0.6 is 11.6 Å².